The van der Waals surface area contributed by atoms with E-state index in [2.05, 4.69) is 0 Å². The van der Waals surface area contributed by atoms with Gasteiger partial charge >= 0.3 is 12.1 Å². The Hall–Kier alpha value is -3.52. The maximum Gasteiger partial charge on any atom is 0.416 e. The maximum atomic E-state index is 14.3. The Balaban J connectivity index is 1.83. The molecule has 4 rings (SSSR count). The van der Waals surface area contributed by atoms with Crippen molar-refractivity contribution in [2.45, 2.75) is 42.6 Å². The van der Waals surface area contributed by atoms with Crippen molar-refractivity contribution in [3.8, 4) is 0 Å². The van der Waals surface area contributed by atoms with Gasteiger partial charge in [0.1, 0.15) is 4.75 Å². The highest BCUT2D eigenvalue weighted by Crippen LogP contribution is 2.49. The van der Waals surface area contributed by atoms with Crippen LogP contribution in [0.1, 0.15) is 30.5 Å². The second-order valence-electron chi connectivity index (χ2n) is 8.67. The van der Waals surface area contributed by atoms with Gasteiger partial charge in [-0.15, -0.1) is 11.8 Å². The molecule has 1 atom stereocenters. The summed E-state index contributed by atoms with van der Waals surface area (Å²) in [6.07, 6.45) is -4.46. The number of hydrogen-bond donors (Lipinski definition) is 0. The average Bonchev–Trinajstić information content (AvgIpc) is 3.06. The highest BCUT2D eigenvalue weighted by molar-refractivity contribution is 8.01. The van der Waals surface area contributed by atoms with Gasteiger partial charge in [0, 0.05) is 17.0 Å². The number of carbonyl (C=O) groups excluding carboxylic acids is 2. The monoisotopic (exact) mass is 525 g/mol. The molecule has 192 valence electrons. The lowest BCUT2D eigenvalue weighted by Gasteiger charge is -2.30. The van der Waals surface area contributed by atoms with Crippen LogP contribution >= 0.6 is 11.8 Å². The molecule has 0 N–H and O–H groups in total. The van der Waals surface area contributed by atoms with E-state index in [4.69, 9.17) is 4.74 Å². The minimum absolute atomic E-state index is 0.0142. The van der Waals surface area contributed by atoms with Gasteiger partial charge in [0.25, 0.3) is 0 Å². The number of allylic oxidation sites excluding steroid dienone is 1. The zero-order valence-corrected chi connectivity index (χ0v) is 21.2. The fourth-order valence-corrected chi connectivity index (χ4v) is 5.93. The third-order valence-corrected chi connectivity index (χ3v) is 7.57. The largest absolute Gasteiger partial charge is 0.463 e. The van der Waals surface area contributed by atoms with Gasteiger partial charge in [-0.1, -0.05) is 60.7 Å². The lowest BCUT2D eigenvalue weighted by Crippen LogP contribution is -2.43. The predicted molar refractivity (Wildman–Crippen MR) is 137 cm³/mol. The molecular weight excluding hydrogens is 499 g/mol. The van der Waals surface area contributed by atoms with Crippen LogP contribution in [0.25, 0.3) is 0 Å². The van der Waals surface area contributed by atoms with E-state index >= 15 is 0 Å². The number of amides is 1. The highest BCUT2D eigenvalue weighted by Gasteiger charge is 2.55. The van der Waals surface area contributed by atoms with Crippen LogP contribution in [0.2, 0.25) is 0 Å². The van der Waals surface area contributed by atoms with Gasteiger partial charge in [0.05, 0.1) is 24.3 Å². The van der Waals surface area contributed by atoms with E-state index in [9.17, 15) is 22.8 Å². The third-order valence-electron chi connectivity index (χ3n) is 6.19. The molecule has 4 nitrogen and oxygen atoms in total. The molecule has 0 spiro atoms. The van der Waals surface area contributed by atoms with Crippen molar-refractivity contribution in [2.75, 3.05) is 6.61 Å². The molecule has 1 aliphatic rings. The van der Waals surface area contributed by atoms with Gasteiger partial charge < -0.3 is 9.64 Å². The molecule has 0 saturated carbocycles. The number of halogens is 3. The Morgan fingerprint density at radius 1 is 0.919 bits per heavy atom. The third kappa shape index (κ3) is 5.59. The Bertz CT molecular complexity index is 1290. The number of ether oxygens (including phenoxy) is 1. The summed E-state index contributed by atoms with van der Waals surface area (Å²) in [7, 11) is 0. The van der Waals surface area contributed by atoms with Crippen molar-refractivity contribution in [3.63, 3.8) is 0 Å². The van der Waals surface area contributed by atoms with Crippen LogP contribution in [0.5, 0.6) is 0 Å². The first-order valence-corrected chi connectivity index (χ1v) is 12.6. The lowest BCUT2D eigenvalue weighted by atomic mass is 9.90. The topological polar surface area (TPSA) is 46.6 Å². The zero-order chi connectivity index (χ0) is 26.6. The standard InChI is InChI=1S/C29H26F3NO3S/c1-3-36-26(34)25-20(2)33(19-22-10-6-4-7-11-22)27(35)28(25,37-24-12-8-5-9-13-24)18-21-14-16-23(17-15-21)29(30,31)32/h4-17H,3,18-19H2,1-2H3/t28-/m0/s1. The summed E-state index contributed by atoms with van der Waals surface area (Å²) in [5.74, 6) is -0.926. The minimum Gasteiger partial charge on any atom is -0.463 e. The molecule has 0 unspecified atom stereocenters. The molecule has 1 heterocycles. The molecule has 0 saturated heterocycles. The predicted octanol–water partition coefficient (Wildman–Crippen LogP) is 6.66. The first-order valence-electron chi connectivity index (χ1n) is 11.8. The summed E-state index contributed by atoms with van der Waals surface area (Å²) >= 11 is 1.22. The van der Waals surface area contributed by atoms with Crippen LogP contribution in [0, 0.1) is 0 Å². The molecule has 3 aromatic rings. The van der Waals surface area contributed by atoms with Gasteiger partial charge in [0.2, 0.25) is 5.91 Å². The molecule has 8 heteroatoms. The number of benzene rings is 3. The van der Waals surface area contributed by atoms with E-state index in [-0.39, 0.29) is 31.1 Å². The summed E-state index contributed by atoms with van der Waals surface area (Å²) in [6, 6.07) is 23.3. The molecule has 0 fully saturated rings. The van der Waals surface area contributed by atoms with Crippen LogP contribution in [-0.4, -0.2) is 28.1 Å². The number of alkyl halides is 3. The highest BCUT2D eigenvalue weighted by atomic mass is 32.2. The van der Waals surface area contributed by atoms with Crippen molar-refractivity contribution in [2.24, 2.45) is 0 Å². The molecule has 0 bridgehead atoms. The normalized spacial score (nSPS) is 17.9. The van der Waals surface area contributed by atoms with Gasteiger partial charge in [-0.3, -0.25) is 4.79 Å². The van der Waals surface area contributed by atoms with Gasteiger partial charge in [-0.05, 0) is 49.2 Å². The molecule has 1 aliphatic heterocycles. The van der Waals surface area contributed by atoms with E-state index in [1.807, 2.05) is 60.7 Å². The van der Waals surface area contributed by atoms with Crippen LogP contribution < -0.4 is 0 Å². The van der Waals surface area contributed by atoms with E-state index in [0.717, 1.165) is 22.6 Å². The number of esters is 1. The van der Waals surface area contributed by atoms with E-state index in [1.165, 1.54) is 23.9 Å². The van der Waals surface area contributed by atoms with E-state index < -0.39 is 22.5 Å². The second kappa shape index (κ2) is 10.8. The Morgan fingerprint density at radius 2 is 1.51 bits per heavy atom. The van der Waals surface area contributed by atoms with Crippen LogP contribution in [0.3, 0.4) is 0 Å². The first kappa shape index (κ1) is 26.5. The second-order valence-corrected chi connectivity index (χ2v) is 10.0. The first-order chi connectivity index (χ1) is 17.7. The van der Waals surface area contributed by atoms with E-state index in [0.29, 0.717) is 11.3 Å². The molecular formula is C29H26F3NO3S. The Labute approximate surface area is 218 Å². The van der Waals surface area contributed by atoms with Crippen LogP contribution in [-0.2, 0) is 33.5 Å². The van der Waals surface area contributed by atoms with Crippen molar-refractivity contribution in [3.05, 3.63) is 113 Å². The van der Waals surface area contributed by atoms with Crippen molar-refractivity contribution < 1.29 is 27.5 Å². The average molecular weight is 526 g/mol. The van der Waals surface area contributed by atoms with Gasteiger partial charge in [0.15, 0.2) is 0 Å². The van der Waals surface area contributed by atoms with Crippen LogP contribution in [0.4, 0.5) is 13.2 Å². The quantitative estimate of drug-likeness (QED) is 0.309. The molecule has 1 amide bonds. The summed E-state index contributed by atoms with van der Waals surface area (Å²) in [5, 5.41) is 0. The SMILES string of the molecule is CCOC(=O)C1=C(C)N(Cc2ccccc2)C(=O)[C@@]1(Cc1ccc(C(F)(F)F)cc1)Sc1ccccc1. The molecule has 0 aromatic heterocycles. The smallest absolute Gasteiger partial charge is 0.416 e. The summed E-state index contributed by atoms with van der Waals surface area (Å²) in [6.45, 7) is 3.77. The Morgan fingerprint density at radius 3 is 2.08 bits per heavy atom. The van der Waals surface area contributed by atoms with Gasteiger partial charge in [-0.2, -0.15) is 13.2 Å². The lowest BCUT2D eigenvalue weighted by molar-refractivity contribution is -0.140. The summed E-state index contributed by atoms with van der Waals surface area (Å²) in [4.78, 5) is 30.0. The minimum atomic E-state index is -4.47. The number of nitrogens with zero attached hydrogens (tertiary/aromatic N) is 1. The number of thioether (sulfide) groups is 1. The summed E-state index contributed by atoms with van der Waals surface area (Å²) in [5.41, 5.74) is 1.29. The Kier molecular flexibility index (Phi) is 7.78. The molecule has 37 heavy (non-hydrogen) atoms. The zero-order valence-electron chi connectivity index (χ0n) is 20.4. The number of hydrogen-bond acceptors (Lipinski definition) is 4. The van der Waals surface area contributed by atoms with E-state index in [1.54, 1.807) is 18.7 Å². The fraction of sp³-hybridized carbons (Fsp3) is 0.241. The van der Waals surface area contributed by atoms with Crippen LogP contribution in [0.15, 0.2) is 101 Å². The van der Waals surface area contributed by atoms with Crippen molar-refractivity contribution in [1.82, 2.24) is 4.90 Å². The molecule has 0 aliphatic carbocycles. The molecule has 3 aromatic carbocycles. The number of carbonyl (C=O) groups is 2. The maximum absolute atomic E-state index is 14.3. The molecule has 0 radical (unpaired) electrons. The summed E-state index contributed by atoms with van der Waals surface area (Å²) < 4.78 is 43.5. The fourth-order valence-electron chi connectivity index (χ4n) is 4.46. The van der Waals surface area contributed by atoms with Crippen molar-refractivity contribution >= 4 is 23.6 Å². The van der Waals surface area contributed by atoms with Gasteiger partial charge in [-0.25, -0.2) is 4.79 Å². The number of rotatable bonds is 8. The van der Waals surface area contributed by atoms with Crippen molar-refractivity contribution in [1.29, 1.82) is 0 Å².